The monoisotopic (exact) mass is 376 g/mol. The van der Waals surface area contributed by atoms with Gasteiger partial charge in [-0.15, -0.1) is 0 Å². The third-order valence-electron chi connectivity index (χ3n) is 3.27. The van der Waals surface area contributed by atoms with Crippen molar-refractivity contribution in [2.75, 3.05) is 6.61 Å². The van der Waals surface area contributed by atoms with Gasteiger partial charge >= 0.3 is 10.2 Å². The number of rotatable bonds is 5. The summed E-state index contributed by atoms with van der Waals surface area (Å²) in [6.07, 6.45) is 1.99. The lowest BCUT2D eigenvalue weighted by atomic mass is 10.2. The Morgan fingerprint density at radius 2 is 1.28 bits per heavy atom. The molecule has 2 aromatic rings. The summed E-state index contributed by atoms with van der Waals surface area (Å²) in [5.41, 5.74) is 0.855. The van der Waals surface area contributed by atoms with E-state index >= 15 is 0 Å². The van der Waals surface area contributed by atoms with Gasteiger partial charge in [0.2, 0.25) is 0 Å². The molecule has 0 aliphatic carbocycles. The highest BCUT2D eigenvalue weighted by Crippen LogP contribution is 3.02. The molecule has 0 aromatic heterocycles. The van der Waals surface area contributed by atoms with Gasteiger partial charge in [0.1, 0.15) is 10.6 Å². The van der Waals surface area contributed by atoms with Crippen molar-refractivity contribution in [1.29, 1.82) is 0 Å². The number of hydrogen-bond acceptors (Lipinski definition) is 1. The summed E-state index contributed by atoms with van der Waals surface area (Å²) in [6.45, 7) is 2.69. The highest BCUT2D eigenvalue weighted by Gasteiger charge is 2.65. The van der Waals surface area contributed by atoms with Crippen molar-refractivity contribution in [3.05, 3.63) is 59.7 Å². The normalized spacial score (nSPS) is 14.0. The Kier molecular flexibility index (Phi) is 4.79. The fourth-order valence-electron chi connectivity index (χ4n) is 1.91. The van der Waals surface area contributed by atoms with E-state index in [9.17, 15) is 19.4 Å². The summed E-state index contributed by atoms with van der Waals surface area (Å²) >= 11 is 0. The highest BCUT2D eigenvalue weighted by molar-refractivity contribution is 8.45. The average molecular weight is 376 g/mol. The minimum atomic E-state index is -9.63. The lowest BCUT2D eigenvalue weighted by Crippen LogP contribution is -2.05. The molecule has 0 saturated heterocycles. The minimum Gasteiger partial charge on any atom is -0.494 e. The van der Waals surface area contributed by atoms with Crippen molar-refractivity contribution < 1.29 is 24.2 Å². The van der Waals surface area contributed by atoms with Gasteiger partial charge in [0, 0.05) is 11.1 Å². The van der Waals surface area contributed by atoms with Crippen LogP contribution >= 0.6 is 10.2 Å². The van der Waals surface area contributed by atoms with Crippen LogP contribution in [0.3, 0.4) is 0 Å². The molecule has 0 amide bonds. The molecule has 0 N–H and O–H groups in total. The van der Waals surface area contributed by atoms with E-state index in [2.05, 4.69) is 18.8 Å². The topological polar surface area (TPSA) is 9.23 Å². The third kappa shape index (κ3) is 5.98. The van der Waals surface area contributed by atoms with Crippen LogP contribution in [0.1, 0.15) is 30.9 Å². The highest BCUT2D eigenvalue weighted by atomic mass is 32.5. The molecular weight excluding hydrogens is 359 g/mol. The van der Waals surface area contributed by atoms with Crippen LogP contribution in [0.2, 0.25) is 0 Å². The van der Waals surface area contributed by atoms with Gasteiger partial charge in [0.05, 0.1) is 6.61 Å². The van der Waals surface area contributed by atoms with E-state index in [1.54, 1.807) is 24.3 Å². The molecule has 2 aromatic carbocycles. The Hall–Kier alpha value is -2.20. The van der Waals surface area contributed by atoms with Crippen LogP contribution in [0.5, 0.6) is 5.75 Å². The van der Waals surface area contributed by atoms with Gasteiger partial charge < -0.3 is 4.74 Å². The second kappa shape index (κ2) is 6.26. The Morgan fingerprint density at radius 3 is 1.72 bits per heavy atom. The first-order valence-electron chi connectivity index (χ1n) is 7.57. The molecule has 7 heteroatoms. The molecule has 0 atom stereocenters. The van der Waals surface area contributed by atoms with Crippen molar-refractivity contribution >= 4 is 10.2 Å². The van der Waals surface area contributed by atoms with Gasteiger partial charge in [-0.3, -0.25) is 0 Å². The first-order chi connectivity index (χ1) is 11.5. The van der Waals surface area contributed by atoms with Crippen LogP contribution in [0.4, 0.5) is 19.4 Å². The quantitative estimate of drug-likeness (QED) is 0.313. The van der Waals surface area contributed by atoms with Gasteiger partial charge in [-0.25, -0.2) is 0 Å². The molecule has 0 heterocycles. The van der Waals surface area contributed by atoms with Crippen LogP contribution in [0.15, 0.2) is 53.4 Å². The number of hydrogen-bond donors (Lipinski definition) is 0. The first kappa shape index (κ1) is 19.1. The number of halogens is 5. The number of ether oxygens (including phenoxy) is 1. The Morgan fingerprint density at radius 1 is 0.800 bits per heavy atom. The van der Waals surface area contributed by atoms with Crippen LogP contribution in [0.25, 0.3) is 0 Å². The molecule has 0 radical (unpaired) electrons. The predicted molar refractivity (Wildman–Crippen MR) is 90.7 cm³/mol. The minimum absolute atomic E-state index is 0.217. The zero-order valence-corrected chi connectivity index (χ0v) is 14.3. The van der Waals surface area contributed by atoms with E-state index < -0.39 is 15.1 Å². The van der Waals surface area contributed by atoms with E-state index in [1.165, 1.54) is 0 Å². The third-order valence-corrected chi connectivity index (χ3v) is 4.43. The molecule has 0 fully saturated rings. The van der Waals surface area contributed by atoms with Gasteiger partial charge in [-0.05, 0) is 55.0 Å². The second-order valence-electron chi connectivity index (χ2n) is 5.47. The zero-order chi connectivity index (χ0) is 18.6. The standard InChI is InChI=1S/C18H17F5OS/c1-2-3-14-24-17-10-6-15(7-11-17)4-5-16-8-12-18(13-9-16)25(19,20,21,22)23/h6-13H,2-3,14H2,1H3. The lowest BCUT2D eigenvalue weighted by Gasteiger charge is -2.40. The van der Waals surface area contributed by atoms with Crippen LogP contribution in [-0.4, -0.2) is 6.61 Å². The Balaban J connectivity index is 2.09. The molecule has 0 saturated carbocycles. The van der Waals surface area contributed by atoms with Crippen LogP contribution < -0.4 is 4.74 Å². The summed E-state index contributed by atoms with van der Waals surface area (Å²) < 4.78 is 68.7. The first-order valence-corrected chi connectivity index (χ1v) is 9.52. The molecule has 1 nitrogen and oxygen atoms in total. The van der Waals surface area contributed by atoms with Gasteiger partial charge in [-0.1, -0.05) is 44.6 Å². The fourth-order valence-corrected chi connectivity index (χ4v) is 2.56. The average Bonchev–Trinajstić information content (AvgIpc) is 2.53. The van der Waals surface area contributed by atoms with Crippen LogP contribution in [0, 0.1) is 11.8 Å². The van der Waals surface area contributed by atoms with Crippen LogP contribution in [-0.2, 0) is 0 Å². The molecule has 0 aliphatic rings. The van der Waals surface area contributed by atoms with Crippen molar-refractivity contribution in [3.8, 4) is 17.6 Å². The number of unbranched alkanes of at least 4 members (excludes halogenated alkanes) is 1. The van der Waals surface area contributed by atoms with E-state index in [0.717, 1.165) is 25.0 Å². The fraction of sp³-hybridized carbons (Fsp3) is 0.222. The molecule has 0 spiro atoms. The van der Waals surface area contributed by atoms with Gasteiger partial charge in [0.15, 0.2) is 0 Å². The summed E-state index contributed by atoms with van der Waals surface area (Å²) in [6, 6.07) is 9.51. The maximum Gasteiger partial charge on any atom is 0.310 e. The summed E-state index contributed by atoms with van der Waals surface area (Å²) in [5, 5.41) is 0. The molecule has 0 aliphatic heterocycles. The Labute approximate surface area is 143 Å². The van der Waals surface area contributed by atoms with E-state index in [0.29, 0.717) is 30.1 Å². The Bertz CT molecular complexity index is 784. The molecular formula is C18H17F5OS. The van der Waals surface area contributed by atoms with Crippen molar-refractivity contribution in [3.63, 3.8) is 0 Å². The van der Waals surface area contributed by atoms with E-state index in [1.807, 2.05) is 0 Å². The summed E-state index contributed by atoms with van der Waals surface area (Å²) in [5.74, 6) is 6.12. The summed E-state index contributed by atoms with van der Waals surface area (Å²) in [4.78, 5) is -1.92. The predicted octanol–water partition coefficient (Wildman–Crippen LogP) is 6.92. The van der Waals surface area contributed by atoms with Crippen molar-refractivity contribution in [1.82, 2.24) is 0 Å². The molecule has 0 bridgehead atoms. The van der Waals surface area contributed by atoms with E-state index in [4.69, 9.17) is 4.74 Å². The molecule has 0 unspecified atom stereocenters. The lowest BCUT2D eigenvalue weighted by molar-refractivity contribution is 0.309. The molecule has 2 rings (SSSR count). The maximum absolute atomic E-state index is 12.6. The van der Waals surface area contributed by atoms with Gasteiger partial charge in [-0.2, -0.15) is 0 Å². The molecule has 136 valence electrons. The molecule has 25 heavy (non-hydrogen) atoms. The van der Waals surface area contributed by atoms with E-state index in [-0.39, 0.29) is 5.56 Å². The largest absolute Gasteiger partial charge is 0.494 e. The smallest absolute Gasteiger partial charge is 0.310 e. The summed E-state index contributed by atoms with van der Waals surface area (Å²) in [7, 11) is -9.63. The zero-order valence-electron chi connectivity index (χ0n) is 13.4. The SMILES string of the molecule is CCCCOc1ccc(C#Cc2ccc(S(F)(F)(F)(F)F)cc2)cc1. The number of benzene rings is 2. The maximum atomic E-state index is 12.6. The van der Waals surface area contributed by atoms with Crippen molar-refractivity contribution in [2.24, 2.45) is 0 Å². The second-order valence-corrected chi connectivity index (χ2v) is 7.88. The van der Waals surface area contributed by atoms with Gasteiger partial charge in [0.25, 0.3) is 0 Å². The van der Waals surface area contributed by atoms with Crippen molar-refractivity contribution in [2.45, 2.75) is 24.7 Å².